The first-order valence-electron chi connectivity index (χ1n) is 6.23. The lowest BCUT2D eigenvalue weighted by molar-refractivity contribution is 0.414. The fraction of sp³-hybridized carbons (Fsp3) is 0.500. The number of nitrogens with two attached hydrogens (primary N) is 1. The Balaban J connectivity index is 3.06. The largest absolute Gasteiger partial charge is 0.497 e. The normalized spacial score (nSPS) is 12.0. The third-order valence-electron chi connectivity index (χ3n) is 3.19. The van der Waals surface area contributed by atoms with Gasteiger partial charge in [-0.15, -0.1) is 0 Å². The monoisotopic (exact) mass is 249 g/mol. The standard InChI is InChI=1S/C14H23N3O/c1-5-10(2)9-17(3)13-8-11(18-4)6-7-12(13)14(15)16/h6-8,10H,5,9H2,1-4H3,(H3,15,16). The van der Waals surface area contributed by atoms with Gasteiger partial charge >= 0.3 is 0 Å². The van der Waals surface area contributed by atoms with E-state index in [1.807, 2.05) is 25.2 Å². The Morgan fingerprint density at radius 1 is 1.50 bits per heavy atom. The van der Waals surface area contributed by atoms with E-state index in [1.54, 1.807) is 7.11 Å². The van der Waals surface area contributed by atoms with Crippen LogP contribution in [0.5, 0.6) is 5.75 Å². The molecule has 3 N–H and O–H groups in total. The predicted octanol–water partition coefficient (Wildman–Crippen LogP) is 2.46. The van der Waals surface area contributed by atoms with E-state index in [2.05, 4.69) is 18.7 Å². The van der Waals surface area contributed by atoms with Gasteiger partial charge in [0.1, 0.15) is 11.6 Å². The molecule has 1 atom stereocenters. The number of hydrogen-bond donors (Lipinski definition) is 2. The molecule has 0 aliphatic carbocycles. The number of hydrogen-bond acceptors (Lipinski definition) is 3. The maximum Gasteiger partial charge on any atom is 0.124 e. The average molecular weight is 249 g/mol. The highest BCUT2D eigenvalue weighted by Crippen LogP contribution is 2.26. The van der Waals surface area contributed by atoms with Crippen LogP contribution in [0.25, 0.3) is 0 Å². The van der Waals surface area contributed by atoms with E-state index in [1.165, 1.54) is 0 Å². The molecule has 100 valence electrons. The molecule has 0 bridgehead atoms. The van der Waals surface area contributed by atoms with Gasteiger partial charge in [0.2, 0.25) is 0 Å². The zero-order valence-electron chi connectivity index (χ0n) is 11.7. The number of benzene rings is 1. The van der Waals surface area contributed by atoms with Crippen LogP contribution >= 0.6 is 0 Å². The van der Waals surface area contributed by atoms with Gasteiger partial charge in [-0.3, -0.25) is 5.41 Å². The van der Waals surface area contributed by atoms with Crippen molar-refractivity contribution in [3.63, 3.8) is 0 Å². The van der Waals surface area contributed by atoms with Crippen molar-refractivity contribution in [1.29, 1.82) is 5.41 Å². The van der Waals surface area contributed by atoms with Crippen LogP contribution in [-0.2, 0) is 0 Å². The number of nitrogen functional groups attached to an aromatic ring is 1. The van der Waals surface area contributed by atoms with Gasteiger partial charge in [-0.2, -0.15) is 0 Å². The third-order valence-corrected chi connectivity index (χ3v) is 3.19. The van der Waals surface area contributed by atoms with Gasteiger partial charge in [0, 0.05) is 25.2 Å². The first-order chi connectivity index (χ1) is 8.49. The fourth-order valence-electron chi connectivity index (χ4n) is 1.88. The molecular weight excluding hydrogens is 226 g/mol. The van der Waals surface area contributed by atoms with E-state index in [0.29, 0.717) is 5.92 Å². The minimum atomic E-state index is 0.0867. The lowest BCUT2D eigenvalue weighted by Crippen LogP contribution is -2.26. The van der Waals surface area contributed by atoms with Gasteiger partial charge in [-0.05, 0) is 18.1 Å². The predicted molar refractivity (Wildman–Crippen MR) is 76.7 cm³/mol. The van der Waals surface area contributed by atoms with Crippen LogP contribution in [0.1, 0.15) is 25.8 Å². The van der Waals surface area contributed by atoms with Crippen molar-refractivity contribution >= 4 is 11.5 Å². The van der Waals surface area contributed by atoms with Crippen molar-refractivity contribution in [2.24, 2.45) is 11.7 Å². The minimum Gasteiger partial charge on any atom is -0.497 e. The second-order valence-electron chi connectivity index (χ2n) is 4.69. The van der Waals surface area contributed by atoms with Gasteiger partial charge in [0.05, 0.1) is 12.8 Å². The van der Waals surface area contributed by atoms with Crippen molar-refractivity contribution < 1.29 is 4.74 Å². The highest BCUT2D eigenvalue weighted by Gasteiger charge is 2.13. The van der Waals surface area contributed by atoms with Gasteiger partial charge < -0.3 is 15.4 Å². The summed E-state index contributed by atoms with van der Waals surface area (Å²) in [5, 5.41) is 7.63. The summed E-state index contributed by atoms with van der Waals surface area (Å²) < 4.78 is 5.23. The van der Waals surface area contributed by atoms with Crippen LogP contribution in [0, 0.1) is 11.3 Å². The van der Waals surface area contributed by atoms with Gasteiger partial charge in [0.25, 0.3) is 0 Å². The third kappa shape index (κ3) is 3.39. The summed E-state index contributed by atoms with van der Waals surface area (Å²) in [7, 11) is 3.66. The van der Waals surface area contributed by atoms with Gasteiger partial charge in [0.15, 0.2) is 0 Å². The number of rotatable bonds is 6. The van der Waals surface area contributed by atoms with Crippen LogP contribution in [0.15, 0.2) is 18.2 Å². The van der Waals surface area contributed by atoms with Crippen LogP contribution in [0.3, 0.4) is 0 Å². The van der Waals surface area contributed by atoms with Crippen LogP contribution in [0.2, 0.25) is 0 Å². The summed E-state index contributed by atoms with van der Waals surface area (Å²) in [4.78, 5) is 2.13. The van der Waals surface area contributed by atoms with E-state index in [4.69, 9.17) is 15.9 Å². The molecule has 0 saturated heterocycles. The molecule has 0 radical (unpaired) electrons. The molecular formula is C14H23N3O. The van der Waals surface area contributed by atoms with Crippen molar-refractivity contribution in [3.8, 4) is 5.75 Å². The van der Waals surface area contributed by atoms with Crippen molar-refractivity contribution in [2.45, 2.75) is 20.3 Å². The molecule has 1 aromatic rings. The Labute approximate surface area is 109 Å². The van der Waals surface area contributed by atoms with E-state index in [-0.39, 0.29) is 5.84 Å². The molecule has 0 aliphatic heterocycles. The average Bonchev–Trinajstić information content (AvgIpc) is 2.37. The second-order valence-corrected chi connectivity index (χ2v) is 4.69. The molecule has 18 heavy (non-hydrogen) atoms. The molecule has 0 aromatic heterocycles. The van der Waals surface area contributed by atoms with E-state index in [9.17, 15) is 0 Å². The smallest absolute Gasteiger partial charge is 0.124 e. The first-order valence-corrected chi connectivity index (χ1v) is 6.23. The number of methoxy groups -OCH3 is 1. The van der Waals surface area contributed by atoms with Gasteiger partial charge in [-0.1, -0.05) is 20.3 Å². The summed E-state index contributed by atoms with van der Waals surface area (Å²) in [5.74, 6) is 1.47. The number of nitrogens with zero attached hydrogens (tertiary/aromatic N) is 1. The zero-order valence-corrected chi connectivity index (χ0v) is 11.7. The van der Waals surface area contributed by atoms with Crippen molar-refractivity contribution in [1.82, 2.24) is 0 Å². The van der Waals surface area contributed by atoms with E-state index in [0.717, 1.165) is 30.0 Å². The Morgan fingerprint density at radius 3 is 2.67 bits per heavy atom. The number of amidine groups is 1. The lowest BCUT2D eigenvalue weighted by atomic mass is 10.1. The lowest BCUT2D eigenvalue weighted by Gasteiger charge is -2.25. The Hall–Kier alpha value is -1.71. The summed E-state index contributed by atoms with van der Waals surface area (Å²) in [6.07, 6.45) is 1.13. The Bertz CT molecular complexity index is 418. The van der Waals surface area contributed by atoms with Crippen LogP contribution in [0.4, 0.5) is 5.69 Å². The Kier molecular flexibility index (Phi) is 5.01. The number of anilines is 1. The maximum absolute atomic E-state index is 7.63. The fourth-order valence-corrected chi connectivity index (χ4v) is 1.88. The molecule has 0 fully saturated rings. The first kappa shape index (κ1) is 14.4. The molecule has 0 aliphatic rings. The molecule has 0 saturated carbocycles. The minimum absolute atomic E-state index is 0.0867. The summed E-state index contributed by atoms with van der Waals surface area (Å²) in [6.45, 7) is 5.32. The van der Waals surface area contributed by atoms with Crippen LogP contribution in [-0.4, -0.2) is 26.5 Å². The molecule has 0 amide bonds. The van der Waals surface area contributed by atoms with E-state index >= 15 is 0 Å². The second kappa shape index (κ2) is 6.28. The molecule has 4 heteroatoms. The van der Waals surface area contributed by atoms with Gasteiger partial charge in [-0.25, -0.2) is 0 Å². The molecule has 1 rings (SSSR count). The Morgan fingerprint density at radius 2 is 2.17 bits per heavy atom. The summed E-state index contributed by atoms with van der Waals surface area (Å²) in [6, 6.07) is 5.60. The van der Waals surface area contributed by atoms with E-state index < -0.39 is 0 Å². The number of nitrogens with one attached hydrogen (secondary N) is 1. The number of ether oxygens (including phenoxy) is 1. The topological polar surface area (TPSA) is 62.3 Å². The van der Waals surface area contributed by atoms with Crippen molar-refractivity contribution in [2.75, 3.05) is 25.6 Å². The highest BCUT2D eigenvalue weighted by atomic mass is 16.5. The molecule has 1 aromatic carbocycles. The SMILES string of the molecule is CCC(C)CN(C)c1cc(OC)ccc1C(=N)N. The van der Waals surface area contributed by atoms with Crippen LogP contribution < -0.4 is 15.4 Å². The summed E-state index contributed by atoms with van der Waals surface area (Å²) in [5.41, 5.74) is 7.32. The molecule has 0 heterocycles. The highest BCUT2D eigenvalue weighted by molar-refractivity contribution is 6.00. The quantitative estimate of drug-likeness (QED) is 0.601. The maximum atomic E-state index is 7.63. The molecule has 0 spiro atoms. The molecule has 1 unspecified atom stereocenters. The molecule has 4 nitrogen and oxygen atoms in total. The van der Waals surface area contributed by atoms with Crippen molar-refractivity contribution in [3.05, 3.63) is 23.8 Å². The zero-order chi connectivity index (χ0) is 13.7. The summed E-state index contributed by atoms with van der Waals surface area (Å²) >= 11 is 0.